The van der Waals surface area contributed by atoms with Gasteiger partial charge in [-0.2, -0.15) is 0 Å². The molecule has 0 saturated heterocycles. The molecular weight excluding hydrogens is 412 g/mol. The van der Waals surface area contributed by atoms with Gasteiger partial charge in [-0.15, -0.1) is 0 Å². The molecule has 0 saturated carbocycles. The Kier molecular flexibility index (Phi) is 7.32. The third kappa shape index (κ3) is 6.45. The molecule has 0 spiro atoms. The van der Waals surface area contributed by atoms with Crippen LogP contribution in [0.3, 0.4) is 0 Å². The van der Waals surface area contributed by atoms with Crippen molar-refractivity contribution in [2.45, 2.75) is 44.7 Å². The molecule has 2 aromatic carbocycles. The quantitative estimate of drug-likeness (QED) is 0.706. The molecule has 8 heteroatoms. The first-order valence-corrected chi connectivity index (χ1v) is 11.1. The third-order valence-electron chi connectivity index (χ3n) is 3.91. The van der Waals surface area contributed by atoms with Crippen LogP contribution in [-0.2, 0) is 16.6 Å². The standard InChI is InChI=1S/C21H27ClN2O4S/c1-6-28-17-10-7-15(8-11-17)14-24(5)20(25)16-9-12-18(22)19(13-16)29(26,27)23-21(2,3)4/h7-13,23H,6,14H2,1-5H3. The maximum Gasteiger partial charge on any atom is 0.253 e. The van der Waals surface area contributed by atoms with Gasteiger partial charge in [-0.25, -0.2) is 13.1 Å². The second-order valence-corrected chi connectivity index (χ2v) is 9.80. The number of hydrogen-bond donors (Lipinski definition) is 1. The van der Waals surface area contributed by atoms with Crippen LogP contribution in [0.5, 0.6) is 5.75 Å². The molecule has 6 nitrogen and oxygen atoms in total. The topological polar surface area (TPSA) is 75.7 Å². The van der Waals surface area contributed by atoms with E-state index >= 15 is 0 Å². The molecule has 2 rings (SSSR count). The van der Waals surface area contributed by atoms with Crippen molar-refractivity contribution in [2.75, 3.05) is 13.7 Å². The highest BCUT2D eigenvalue weighted by Gasteiger charge is 2.26. The van der Waals surface area contributed by atoms with Gasteiger partial charge in [-0.3, -0.25) is 4.79 Å². The number of benzene rings is 2. The number of nitrogens with zero attached hydrogens (tertiary/aromatic N) is 1. The summed E-state index contributed by atoms with van der Waals surface area (Å²) < 4.78 is 33.3. The minimum atomic E-state index is -3.87. The lowest BCUT2D eigenvalue weighted by atomic mass is 10.1. The average Bonchev–Trinajstić information content (AvgIpc) is 2.61. The van der Waals surface area contributed by atoms with E-state index in [0.717, 1.165) is 11.3 Å². The summed E-state index contributed by atoms with van der Waals surface area (Å²) >= 11 is 6.11. The minimum absolute atomic E-state index is 0.0625. The second kappa shape index (κ2) is 9.15. The fourth-order valence-corrected chi connectivity index (χ4v) is 4.67. The Morgan fingerprint density at radius 1 is 1.14 bits per heavy atom. The Morgan fingerprint density at radius 3 is 2.31 bits per heavy atom. The highest BCUT2D eigenvalue weighted by Crippen LogP contribution is 2.25. The third-order valence-corrected chi connectivity index (χ3v) is 6.15. The molecule has 0 bridgehead atoms. The lowest BCUT2D eigenvalue weighted by molar-refractivity contribution is 0.0785. The highest BCUT2D eigenvalue weighted by atomic mass is 35.5. The van der Waals surface area contributed by atoms with E-state index in [-0.39, 0.29) is 21.4 Å². The summed E-state index contributed by atoms with van der Waals surface area (Å²) in [6.07, 6.45) is 0. The number of halogens is 1. The van der Waals surface area contributed by atoms with Crippen LogP contribution in [-0.4, -0.2) is 38.4 Å². The van der Waals surface area contributed by atoms with Gasteiger partial charge in [0, 0.05) is 24.7 Å². The molecule has 0 aliphatic heterocycles. The lowest BCUT2D eigenvalue weighted by Gasteiger charge is -2.22. The van der Waals surface area contributed by atoms with Gasteiger partial charge < -0.3 is 9.64 Å². The number of amides is 1. The first kappa shape index (κ1) is 23.2. The van der Waals surface area contributed by atoms with Gasteiger partial charge in [0.1, 0.15) is 10.6 Å². The number of rotatable bonds is 7. The van der Waals surface area contributed by atoms with Crippen molar-refractivity contribution in [3.63, 3.8) is 0 Å². The highest BCUT2D eigenvalue weighted by molar-refractivity contribution is 7.89. The number of nitrogens with one attached hydrogen (secondary N) is 1. The van der Waals surface area contributed by atoms with Gasteiger partial charge in [-0.05, 0) is 63.6 Å². The Hall–Kier alpha value is -2.09. The fourth-order valence-electron chi connectivity index (χ4n) is 2.72. The predicted molar refractivity (Wildman–Crippen MR) is 115 cm³/mol. The van der Waals surface area contributed by atoms with Crippen LogP contribution in [0.4, 0.5) is 0 Å². The van der Waals surface area contributed by atoms with E-state index < -0.39 is 15.6 Å². The Morgan fingerprint density at radius 2 is 1.76 bits per heavy atom. The van der Waals surface area contributed by atoms with Gasteiger partial charge in [0.05, 0.1) is 11.6 Å². The monoisotopic (exact) mass is 438 g/mol. The van der Waals surface area contributed by atoms with Crippen LogP contribution in [0.1, 0.15) is 43.6 Å². The van der Waals surface area contributed by atoms with Crippen LogP contribution in [0.15, 0.2) is 47.4 Å². The Labute approximate surface area is 177 Å². The lowest BCUT2D eigenvalue weighted by Crippen LogP contribution is -2.40. The number of sulfonamides is 1. The molecule has 0 aliphatic carbocycles. The van der Waals surface area contributed by atoms with E-state index in [4.69, 9.17) is 16.3 Å². The Balaban J connectivity index is 2.22. The molecule has 0 radical (unpaired) electrons. The predicted octanol–water partition coefficient (Wildman–Crippen LogP) is 4.09. The zero-order valence-corrected chi connectivity index (χ0v) is 18.9. The van der Waals surface area contributed by atoms with Crippen LogP contribution >= 0.6 is 11.6 Å². The molecule has 0 unspecified atom stereocenters. The smallest absolute Gasteiger partial charge is 0.253 e. The van der Waals surface area contributed by atoms with Gasteiger partial charge in [-0.1, -0.05) is 23.7 Å². The van der Waals surface area contributed by atoms with E-state index in [1.54, 1.807) is 27.8 Å². The minimum Gasteiger partial charge on any atom is -0.494 e. The van der Waals surface area contributed by atoms with Crippen LogP contribution in [0.25, 0.3) is 0 Å². The van der Waals surface area contributed by atoms with E-state index in [0.29, 0.717) is 13.2 Å². The SMILES string of the molecule is CCOc1ccc(CN(C)C(=O)c2ccc(Cl)c(S(=O)(=O)NC(C)(C)C)c2)cc1. The summed E-state index contributed by atoms with van der Waals surface area (Å²) in [7, 11) is -2.20. The molecule has 0 heterocycles. The molecule has 0 aliphatic rings. The summed E-state index contributed by atoms with van der Waals surface area (Å²) in [4.78, 5) is 14.2. The van der Waals surface area contributed by atoms with Crippen molar-refractivity contribution in [1.82, 2.24) is 9.62 Å². The largest absolute Gasteiger partial charge is 0.494 e. The van der Waals surface area contributed by atoms with Gasteiger partial charge >= 0.3 is 0 Å². The number of hydrogen-bond acceptors (Lipinski definition) is 4. The number of ether oxygens (including phenoxy) is 1. The van der Waals surface area contributed by atoms with Gasteiger partial charge in [0.25, 0.3) is 5.91 Å². The summed E-state index contributed by atoms with van der Waals surface area (Å²) in [6.45, 7) is 8.08. The number of carbonyl (C=O) groups excluding carboxylic acids is 1. The first-order chi connectivity index (χ1) is 13.4. The summed E-state index contributed by atoms with van der Waals surface area (Å²) in [5, 5.41) is 0.0625. The molecule has 0 fully saturated rings. The normalized spacial score (nSPS) is 11.9. The molecule has 158 valence electrons. The average molecular weight is 439 g/mol. The van der Waals surface area contributed by atoms with Crippen molar-refractivity contribution in [3.8, 4) is 5.75 Å². The first-order valence-electron chi connectivity index (χ1n) is 9.23. The van der Waals surface area contributed by atoms with Crippen LogP contribution < -0.4 is 9.46 Å². The van der Waals surface area contributed by atoms with Crippen LogP contribution in [0, 0.1) is 0 Å². The van der Waals surface area contributed by atoms with E-state index in [1.807, 2.05) is 31.2 Å². The van der Waals surface area contributed by atoms with Gasteiger partial charge in [0.2, 0.25) is 10.0 Å². The van der Waals surface area contributed by atoms with Crippen molar-refractivity contribution >= 4 is 27.5 Å². The summed E-state index contributed by atoms with van der Waals surface area (Å²) in [5.74, 6) is 0.465. The zero-order chi connectivity index (χ0) is 21.8. The summed E-state index contributed by atoms with van der Waals surface area (Å²) in [6, 6.07) is 11.7. The van der Waals surface area contributed by atoms with Crippen molar-refractivity contribution < 1.29 is 17.9 Å². The molecular formula is C21H27ClN2O4S. The second-order valence-electron chi connectivity index (χ2n) is 7.74. The van der Waals surface area contributed by atoms with E-state index in [9.17, 15) is 13.2 Å². The molecule has 1 N–H and O–H groups in total. The Bertz CT molecular complexity index is 967. The van der Waals surface area contributed by atoms with E-state index in [1.165, 1.54) is 23.1 Å². The molecule has 2 aromatic rings. The van der Waals surface area contributed by atoms with Crippen molar-refractivity contribution in [1.29, 1.82) is 0 Å². The van der Waals surface area contributed by atoms with Crippen molar-refractivity contribution in [3.05, 3.63) is 58.6 Å². The molecule has 0 atom stereocenters. The molecule has 1 amide bonds. The molecule has 0 aromatic heterocycles. The number of carbonyl (C=O) groups is 1. The maximum absolute atomic E-state index is 12.8. The molecule has 29 heavy (non-hydrogen) atoms. The maximum atomic E-state index is 12.8. The van der Waals surface area contributed by atoms with Crippen molar-refractivity contribution in [2.24, 2.45) is 0 Å². The van der Waals surface area contributed by atoms with Gasteiger partial charge in [0.15, 0.2) is 0 Å². The van der Waals surface area contributed by atoms with E-state index in [2.05, 4.69) is 4.72 Å². The summed E-state index contributed by atoms with van der Waals surface area (Å²) in [5.41, 5.74) is 0.504. The fraction of sp³-hybridized carbons (Fsp3) is 0.381. The zero-order valence-electron chi connectivity index (χ0n) is 17.3. The van der Waals surface area contributed by atoms with Crippen LogP contribution in [0.2, 0.25) is 5.02 Å².